The van der Waals surface area contributed by atoms with E-state index in [2.05, 4.69) is 61.6 Å². The molecule has 0 amide bonds. The van der Waals surface area contributed by atoms with Gasteiger partial charge in [0.15, 0.2) is 0 Å². The molecular weight excluding hydrogens is 252 g/mol. The van der Waals surface area contributed by atoms with E-state index in [9.17, 15) is 0 Å². The molecule has 0 saturated carbocycles. The smallest absolute Gasteiger partial charge is 0.126 e. The lowest BCUT2D eigenvalue weighted by Gasteiger charge is -2.16. The maximum atomic E-state index is 2.48. The third-order valence-corrected chi connectivity index (χ3v) is 10.0. The largest absolute Gasteiger partial charge is 0.144 e. The van der Waals surface area contributed by atoms with Gasteiger partial charge in [0.05, 0.1) is 0 Å². The number of rotatable bonds is 0. The SMILES string of the molecule is C[Si]1(C)c2ccccc2-c2c1sc1ccccc21. The van der Waals surface area contributed by atoms with Gasteiger partial charge in [-0.25, -0.2) is 0 Å². The quantitative estimate of drug-likeness (QED) is 0.544. The highest BCUT2D eigenvalue weighted by Crippen LogP contribution is 2.38. The molecule has 2 aromatic carbocycles. The third kappa shape index (κ3) is 1.15. The van der Waals surface area contributed by atoms with Gasteiger partial charge >= 0.3 is 0 Å². The van der Waals surface area contributed by atoms with E-state index in [0.717, 1.165) is 0 Å². The molecule has 0 saturated heterocycles. The lowest BCUT2D eigenvalue weighted by molar-refractivity contribution is 1.74. The Morgan fingerprint density at radius 3 is 2.50 bits per heavy atom. The Balaban J connectivity index is 2.21. The van der Waals surface area contributed by atoms with Crippen molar-refractivity contribution in [2.24, 2.45) is 0 Å². The zero-order valence-electron chi connectivity index (χ0n) is 10.5. The molecule has 0 radical (unpaired) electrons. The molecule has 0 nitrogen and oxygen atoms in total. The zero-order valence-corrected chi connectivity index (χ0v) is 12.3. The highest BCUT2D eigenvalue weighted by atomic mass is 32.1. The molecule has 0 unspecified atom stereocenters. The van der Waals surface area contributed by atoms with Gasteiger partial charge in [-0.15, -0.1) is 11.3 Å². The van der Waals surface area contributed by atoms with Crippen LogP contribution >= 0.6 is 11.3 Å². The normalized spacial score (nSPS) is 15.7. The first-order valence-corrected chi connectivity index (χ1v) is 10.1. The second kappa shape index (κ2) is 3.34. The van der Waals surface area contributed by atoms with Crippen LogP contribution in [-0.2, 0) is 0 Å². The van der Waals surface area contributed by atoms with Crippen LogP contribution in [0.3, 0.4) is 0 Å². The van der Waals surface area contributed by atoms with Gasteiger partial charge in [0.25, 0.3) is 0 Å². The van der Waals surface area contributed by atoms with E-state index in [1.807, 2.05) is 11.3 Å². The second-order valence-electron chi connectivity index (χ2n) is 5.47. The molecule has 0 bridgehead atoms. The number of hydrogen-bond acceptors (Lipinski definition) is 1. The van der Waals surface area contributed by atoms with Gasteiger partial charge in [-0.05, 0) is 22.4 Å². The number of hydrogen-bond donors (Lipinski definition) is 0. The monoisotopic (exact) mass is 266 g/mol. The summed E-state index contributed by atoms with van der Waals surface area (Å²) < 4.78 is 3.10. The predicted molar refractivity (Wildman–Crippen MR) is 84.0 cm³/mol. The van der Waals surface area contributed by atoms with E-state index in [0.29, 0.717) is 0 Å². The Bertz CT molecular complexity index is 768. The summed E-state index contributed by atoms with van der Waals surface area (Å²) in [5, 5.41) is 3.06. The summed E-state index contributed by atoms with van der Waals surface area (Å²) in [5.74, 6) is 0. The maximum Gasteiger partial charge on any atom is 0.126 e. The van der Waals surface area contributed by atoms with Gasteiger partial charge < -0.3 is 0 Å². The lowest BCUT2D eigenvalue weighted by atomic mass is 10.1. The third-order valence-electron chi connectivity index (χ3n) is 4.03. The highest BCUT2D eigenvalue weighted by Gasteiger charge is 2.39. The summed E-state index contributed by atoms with van der Waals surface area (Å²) in [6.45, 7) is 4.96. The molecule has 0 aliphatic carbocycles. The van der Waals surface area contributed by atoms with Crippen LogP contribution in [0.25, 0.3) is 21.2 Å². The van der Waals surface area contributed by atoms with Gasteiger partial charge in [-0.2, -0.15) is 0 Å². The number of fused-ring (bicyclic) bond motifs is 5. The molecule has 3 aromatic rings. The Labute approximate surface area is 112 Å². The van der Waals surface area contributed by atoms with E-state index < -0.39 is 8.07 Å². The Hall–Kier alpha value is -1.38. The van der Waals surface area contributed by atoms with E-state index in [4.69, 9.17) is 0 Å². The van der Waals surface area contributed by atoms with Crippen LogP contribution in [0.4, 0.5) is 0 Å². The second-order valence-corrected chi connectivity index (χ2v) is 11.2. The minimum Gasteiger partial charge on any atom is -0.144 e. The molecule has 0 fully saturated rings. The van der Waals surface area contributed by atoms with Crippen LogP contribution in [-0.4, -0.2) is 8.07 Å². The molecule has 4 rings (SSSR count). The van der Waals surface area contributed by atoms with Crippen molar-refractivity contribution in [1.82, 2.24) is 0 Å². The van der Waals surface area contributed by atoms with Crippen LogP contribution in [0, 0.1) is 0 Å². The first kappa shape index (κ1) is 10.5. The molecule has 0 atom stereocenters. The predicted octanol–water partition coefficient (Wildman–Crippen LogP) is 3.70. The molecule has 88 valence electrons. The summed E-state index contributed by atoms with van der Waals surface area (Å²) >= 11 is 2.01. The van der Waals surface area contributed by atoms with Gasteiger partial charge in [-0.3, -0.25) is 0 Å². The van der Waals surface area contributed by atoms with E-state index >= 15 is 0 Å². The summed E-state index contributed by atoms with van der Waals surface area (Å²) in [5.41, 5.74) is 3.02. The molecule has 0 N–H and O–H groups in total. The van der Waals surface area contributed by atoms with Crippen molar-refractivity contribution in [1.29, 1.82) is 0 Å². The van der Waals surface area contributed by atoms with Crippen LogP contribution in [0.15, 0.2) is 48.5 Å². The van der Waals surface area contributed by atoms with Crippen molar-refractivity contribution < 1.29 is 0 Å². The van der Waals surface area contributed by atoms with Gasteiger partial charge in [0, 0.05) is 14.6 Å². The molecule has 0 spiro atoms. The van der Waals surface area contributed by atoms with Crippen LogP contribution in [0.5, 0.6) is 0 Å². The van der Waals surface area contributed by atoms with Crippen molar-refractivity contribution in [3.63, 3.8) is 0 Å². The Morgan fingerprint density at radius 1 is 0.889 bits per heavy atom. The van der Waals surface area contributed by atoms with Crippen molar-refractivity contribution in [3.05, 3.63) is 48.5 Å². The van der Waals surface area contributed by atoms with Crippen LogP contribution < -0.4 is 9.69 Å². The standard InChI is InChI=1S/C16H14SSi/c1-18(2)14-10-6-4-8-12(14)15-11-7-3-5-9-13(11)17-16(15)18/h3-10H,1-2H3. The molecule has 2 heteroatoms. The van der Waals surface area contributed by atoms with E-state index in [1.165, 1.54) is 21.2 Å². The maximum absolute atomic E-state index is 2.48. The Morgan fingerprint density at radius 2 is 1.61 bits per heavy atom. The van der Waals surface area contributed by atoms with Gasteiger partial charge in [0.2, 0.25) is 0 Å². The van der Waals surface area contributed by atoms with Gasteiger partial charge in [0.1, 0.15) is 8.07 Å². The summed E-state index contributed by atoms with van der Waals surface area (Å²) in [7, 11) is -1.45. The molecule has 1 aliphatic rings. The average molecular weight is 266 g/mol. The number of thiophene rings is 1. The lowest BCUT2D eigenvalue weighted by Crippen LogP contribution is -2.47. The Kier molecular flexibility index (Phi) is 1.95. The first-order chi connectivity index (χ1) is 8.69. The molecule has 18 heavy (non-hydrogen) atoms. The highest BCUT2D eigenvalue weighted by molar-refractivity contribution is 7.35. The fraction of sp³-hybridized carbons (Fsp3) is 0.125. The van der Waals surface area contributed by atoms with Crippen molar-refractivity contribution in [3.8, 4) is 11.1 Å². The molecule has 2 heterocycles. The number of benzene rings is 2. The van der Waals surface area contributed by atoms with Crippen molar-refractivity contribution in [2.75, 3.05) is 0 Å². The molecular formula is C16H14SSi. The average Bonchev–Trinajstić information content (AvgIpc) is 2.87. The van der Waals surface area contributed by atoms with Crippen LogP contribution in [0.1, 0.15) is 0 Å². The van der Waals surface area contributed by atoms with Crippen molar-refractivity contribution >= 4 is 39.2 Å². The first-order valence-electron chi connectivity index (χ1n) is 6.31. The topological polar surface area (TPSA) is 0 Å². The summed E-state index contributed by atoms with van der Waals surface area (Å²) in [4.78, 5) is 0. The minimum absolute atomic E-state index is 1.44. The van der Waals surface area contributed by atoms with Gasteiger partial charge in [-0.1, -0.05) is 55.6 Å². The molecule has 1 aromatic heterocycles. The fourth-order valence-corrected chi connectivity index (χ4v) is 8.30. The van der Waals surface area contributed by atoms with E-state index in [1.54, 1.807) is 9.69 Å². The summed E-state index contributed by atoms with van der Waals surface area (Å²) in [6.07, 6.45) is 0. The van der Waals surface area contributed by atoms with Crippen LogP contribution in [0.2, 0.25) is 13.1 Å². The molecule has 1 aliphatic heterocycles. The fourth-order valence-electron chi connectivity index (χ4n) is 3.12. The van der Waals surface area contributed by atoms with Crippen molar-refractivity contribution in [2.45, 2.75) is 13.1 Å². The van der Waals surface area contributed by atoms with E-state index in [-0.39, 0.29) is 0 Å². The minimum atomic E-state index is -1.45. The summed E-state index contributed by atoms with van der Waals surface area (Å²) in [6, 6.07) is 17.8. The zero-order chi connectivity index (χ0) is 12.3.